The fourth-order valence-electron chi connectivity index (χ4n) is 2.64. The summed E-state index contributed by atoms with van der Waals surface area (Å²) in [6.45, 7) is 5.39. The standard InChI is InChI=1S/C21H26N2O5S/c1-6-15(28-14-11-9-8-10-12-14)18(24)22-19-16(21(26)27-7-2)13(3)17(29-19)20(25)23(4)5/h8-12,15H,6-7H2,1-5H3,(H,22,24)/t15-/m1/s1. The third kappa shape index (κ3) is 5.35. The summed E-state index contributed by atoms with van der Waals surface area (Å²) < 4.78 is 10.9. The number of rotatable bonds is 8. The summed E-state index contributed by atoms with van der Waals surface area (Å²) >= 11 is 1.06. The van der Waals surface area contributed by atoms with E-state index >= 15 is 0 Å². The highest BCUT2D eigenvalue weighted by Crippen LogP contribution is 2.34. The molecule has 0 saturated carbocycles. The van der Waals surface area contributed by atoms with Crippen molar-refractivity contribution in [1.82, 2.24) is 4.90 Å². The van der Waals surface area contributed by atoms with Gasteiger partial charge in [0.15, 0.2) is 6.10 Å². The number of thiophene rings is 1. The van der Waals surface area contributed by atoms with Crippen LogP contribution in [0, 0.1) is 6.92 Å². The van der Waals surface area contributed by atoms with Gasteiger partial charge in [0, 0.05) is 14.1 Å². The largest absolute Gasteiger partial charge is 0.481 e. The summed E-state index contributed by atoms with van der Waals surface area (Å²) in [5.74, 6) is -0.643. The average molecular weight is 419 g/mol. The van der Waals surface area contributed by atoms with E-state index in [-0.39, 0.29) is 23.1 Å². The molecule has 2 aromatic rings. The maximum Gasteiger partial charge on any atom is 0.341 e. The average Bonchev–Trinajstić information content (AvgIpc) is 3.02. The zero-order valence-electron chi connectivity index (χ0n) is 17.3. The van der Waals surface area contributed by atoms with E-state index in [1.54, 1.807) is 40.1 Å². The first-order valence-corrected chi connectivity index (χ1v) is 10.2. The second-order valence-corrected chi connectivity index (χ2v) is 7.52. The lowest BCUT2D eigenvalue weighted by molar-refractivity contribution is -0.122. The second kappa shape index (κ2) is 10.1. The van der Waals surface area contributed by atoms with Gasteiger partial charge in [-0.15, -0.1) is 11.3 Å². The molecule has 1 N–H and O–H groups in total. The zero-order valence-corrected chi connectivity index (χ0v) is 18.1. The summed E-state index contributed by atoms with van der Waals surface area (Å²) in [4.78, 5) is 39.6. The van der Waals surface area contributed by atoms with Gasteiger partial charge in [-0.1, -0.05) is 25.1 Å². The molecule has 0 unspecified atom stereocenters. The Morgan fingerprint density at radius 2 is 1.79 bits per heavy atom. The lowest BCUT2D eigenvalue weighted by atomic mass is 10.1. The van der Waals surface area contributed by atoms with Crippen molar-refractivity contribution in [3.63, 3.8) is 0 Å². The molecule has 1 atom stereocenters. The molecule has 0 aliphatic heterocycles. The maximum atomic E-state index is 12.8. The van der Waals surface area contributed by atoms with Crippen molar-refractivity contribution >= 4 is 34.1 Å². The van der Waals surface area contributed by atoms with Crippen molar-refractivity contribution in [3.05, 3.63) is 46.3 Å². The maximum absolute atomic E-state index is 12.8. The molecule has 8 heteroatoms. The minimum atomic E-state index is -0.747. The number of amides is 2. The Labute approximate surface area is 174 Å². The van der Waals surface area contributed by atoms with E-state index in [9.17, 15) is 14.4 Å². The fraction of sp³-hybridized carbons (Fsp3) is 0.381. The van der Waals surface area contributed by atoms with E-state index in [1.165, 1.54) is 4.90 Å². The molecular formula is C21H26N2O5S. The topological polar surface area (TPSA) is 84.9 Å². The number of benzene rings is 1. The monoisotopic (exact) mass is 418 g/mol. The van der Waals surface area contributed by atoms with Crippen LogP contribution in [0.1, 0.15) is 45.9 Å². The van der Waals surface area contributed by atoms with Gasteiger partial charge in [0.2, 0.25) is 0 Å². The molecule has 0 radical (unpaired) electrons. The van der Waals surface area contributed by atoms with Crippen molar-refractivity contribution in [3.8, 4) is 5.75 Å². The first-order valence-electron chi connectivity index (χ1n) is 9.34. The van der Waals surface area contributed by atoms with Crippen LogP contribution in [-0.4, -0.2) is 49.5 Å². The molecule has 0 fully saturated rings. The summed E-state index contributed by atoms with van der Waals surface area (Å²) in [5, 5.41) is 3.04. The van der Waals surface area contributed by atoms with Gasteiger partial charge in [0.25, 0.3) is 11.8 Å². The highest BCUT2D eigenvalue weighted by atomic mass is 32.1. The summed E-state index contributed by atoms with van der Waals surface area (Å²) in [5.41, 5.74) is 0.685. The Morgan fingerprint density at radius 3 is 2.34 bits per heavy atom. The molecule has 0 spiro atoms. The van der Waals surface area contributed by atoms with E-state index in [0.717, 1.165) is 11.3 Å². The lowest BCUT2D eigenvalue weighted by Crippen LogP contribution is -2.32. The number of esters is 1. The number of carbonyl (C=O) groups is 3. The quantitative estimate of drug-likeness (QED) is 0.660. The van der Waals surface area contributed by atoms with Crippen molar-refractivity contribution in [2.75, 3.05) is 26.0 Å². The smallest absolute Gasteiger partial charge is 0.341 e. The molecule has 0 saturated heterocycles. The third-order valence-corrected chi connectivity index (χ3v) is 5.34. The van der Waals surface area contributed by atoms with Gasteiger partial charge in [0.05, 0.1) is 17.0 Å². The molecule has 2 amide bonds. The van der Waals surface area contributed by atoms with Crippen LogP contribution >= 0.6 is 11.3 Å². The Hall–Kier alpha value is -2.87. The number of nitrogens with zero attached hydrogens (tertiary/aromatic N) is 1. The van der Waals surface area contributed by atoms with Gasteiger partial charge in [-0.3, -0.25) is 9.59 Å². The number of ether oxygens (including phenoxy) is 2. The van der Waals surface area contributed by atoms with Crippen LogP contribution < -0.4 is 10.1 Å². The van der Waals surface area contributed by atoms with Crippen LogP contribution in [0.25, 0.3) is 0 Å². The van der Waals surface area contributed by atoms with Crippen LogP contribution in [0.3, 0.4) is 0 Å². The van der Waals surface area contributed by atoms with Crippen LogP contribution in [0.15, 0.2) is 30.3 Å². The number of nitrogens with one attached hydrogen (secondary N) is 1. The molecule has 29 heavy (non-hydrogen) atoms. The molecule has 1 heterocycles. The predicted octanol–water partition coefficient (Wildman–Crippen LogP) is 3.73. The molecule has 156 valence electrons. The third-order valence-electron chi connectivity index (χ3n) is 4.15. The van der Waals surface area contributed by atoms with Crippen LogP contribution in [0.5, 0.6) is 5.75 Å². The molecule has 1 aromatic heterocycles. The number of hydrogen-bond acceptors (Lipinski definition) is 6. The Bertz CT molecular complexity index is 877. The normalized spacial score (nSPS) is 11.5. The number of para-hydroxylation sites is 1. The molecule has 2 rings (SSSR count). The minimum Gasteiger partial charge on any atom is -0.481 e. The van der Waals surface area contributed by atoms with Crippen LogP contribution in [0.2, 0.25) is 0 Å². The lowest BCUT2D eigenvalue weighted by Gasteiger charge is -2.17. The Kier molecular flexibility index (Phi) is 7.78. The van der Waals surface area contributed by atoms with E-state index in [4.69, 9.17) is 9.47 Å². The van der Waals surface area contributed by atoms with Gasteiger partial charge < -0.3 is 19.7 Å². The molecule has 0 bridgehead atoms. The first-order chi connectivity index (χ1) is 13.8. The summed E-state index contributed by atoms with van der Waals surface area (Å²) in [6.07, 6.45) is -0.314. The molecule has 7 nitrogen and oxygen atoms in total. The summed E-state index contributed by atoms with van der Waals surface area (Å²) in [6, 6.07) is 9.03. The molecule has 0 aliphatic carbocycles. The van der Waals surface area contributed by atoms with Crippen LogP contribution in [-0.2, 0) is 9.53 Å². The first kappa shape index (κ1) is 22.4. The van der Waals surface area contributed by atoms with Gasteiger partial charge >= 0.3 is 5.97 Å². The molecular weight excluding hydrogens is 392 g/mol. The summed E-state index contributed by atoms with van der Waals surface area (Å²) in [7, 11) is 3.26. The Morgan fingerprint density at radius 1 is 1.14 bits per heavy atom. The second-order valence-electron chi connectivity index (χ2n) is 6.50. The van der Waals surface area contributed by atoms with Gasteiger partial charge in [-0.05, 0) is 38.0 Å². The van der Waals surface area contributed by atoms with Crippen molar-refractivity contribution in [1.29, 1.82) is 0 Å². The molecule has 0 aliphatic rings. The van der Waals surface area contributed by atoms with Gasteiger partial charge in [-0.25, -0.2) is 4.79 Å². The number of carbonyl (C=O) groups excluding carboxylic acids is 3. The van der Waals surface area contributed by atoms with E-state index < -0.39 is 18.0 Å². The zero-order chi connectivity index (χ0) is 21.6. The van der Waals surface area contributed by atoms with Crippen LogP contribution in [0.4, 0.5) is 5.00 Å². The van der Waals surface area contributed by atoms with Gasteiger partial charge in [-0.2, -0.15) is 0 Å². The van der Waals surface area contributed by atoms with Gasteiger partial charge in [0.1, 0.15) is 10.8 Å². The van der Waals surface area contributed by atoms with E-state index in [0.29, 0.717) is 22.6 Å². The fourth-order valence-corrected chi connectivity index (χ4v) is 3.85. The predicted molar refractivity (Wildman–Crippen MR) is 113 cm³/mol. The number of hydrogen-bond donors (Lipinski definition) is 1. The van der Waals surface area contributed by atoms with Crippen molar-refractivity contribution in [2.24, 2.45) is 0 Å². The van der Waals surface area contributed by atoms with Crippen molar-refractivity contribution < 1.29 is 23.9 Å². The highest BCUT2D eigenvalue weighted by molar-refractivity contribution is 7.18. The minimum absolute atomic E-state index is 0.188. The van der Waals surface area contributed by atoms with E-state index in [1.807, 2.05) is 25.1 Å². The van der Waals surface area contributed by atoms with Crippen molar-refractivity contribution in [2.45, 2.75) is 33.3 Å². The molecule has 1 aromatic carbocycles. The highest BCUT2D eigenvalue weighted by Gasteiger charge is 2.29. The number of anilines is 1. The SMILES string of the molecule is CCOC(=O)c1c(NC(=O)[C@@H](CC)Oc2ccccc2)sc(C(=O)N(C)C)c1C. The Balaban J connectivity index is 2.33. The van der Waals surface area contributed by atoms with E-state index in [2.05, 4.69) is 5.32 Å².